The Morgan fingerprint density at radius 2 is 1.95 bits per heavy atom. The number of fused-ring (bicyclic) bond motifs is 2. The second kappa shape index (κ2) is 4.12. The molecule has 3 atom stereocenters. The lowest BCUT2D eigenvalue weighted by atomic mass is 9.68. The first-order valence-electron chi connectivity index (χ1n) is 7.37. The third kappa shape index (κ3) is 1.90. The minimum atomic E-state index is 0.365. The van der Waals surface area contributed by atoms with E-state index in [1.54, 1.807) is 0 Å². The summed E-state index contributed by atoms with van der Waals surface area (Å²) in [6.45, 7) is 7.28. The maximum absolute atomic E-state index is 4.61. The second-order valence-corrected chi connectivity index (χ2v) is 7.15. The number of hydrogen-bond donors (Lipinski definition) is 2. The molecule has 0 aliphatic heterocycles. The van der Waals surface area contributed by atoms with Gasteiger partial charge >= 0.3 is 0 Å². The summed E-state index contributed by atoms with van der Waals surface area (Å²) < 4.78 is 0. The molecule has 2 fully saturated rings. The van der Waals surface area contributed by atoms with Crippen LogP contribution in [0.4, 0.5) is 11.6 Å². The highest BCUT2D eigenvalue weighted by Crippen LogP contribution is 2.63. The van der Waals surface area contributed by atoms with Crippen molar-refractivity contribution >= 4 is 11.6 Å². The van der Waals surface area contributed by atoms with Crippen LogP contribution < -0.4 is 10.6 Å². The van der Waals surface area contributed by atoms with Gasteiger partial charge in [-0.2, -0.15) is 0 Å². The van der Waals surface area contributed by atoms with E-state index in [1.165, 1.54) is 19.3 Å². The van der Waals surface area contributed by atoms with Crippen molar-refractivity contribution in [1.29, 1.82) is 0 Å². The predicted molar refractivity (Wildman–Crippen MR) is 80.4 cm³/mol. The van der Waals surface area contributed by atoms with E-state index in [4.69, 9.17) is 0 Å². The van der Waals surface area contributed by atoms with Gasteiger partial charge in [-0.05, 0) is 48.1 Å². The topological polar surface area (TPSA) is 37.0 Å². The van der Waals surface area contributed by atoms with E-state index in [-0.39, 0.29) is 0 Å². The van der Waals surface area contributed by atoms with Gasteiger partial charge in [0.05, 0.1) is 0 Å². The van der Waals surface area contributed by atoms with E-state index in [1.807, 2.05) is 13.1 Å². The Hall–Kier alpha value is -1.25. The van der Waals surface area contributed by atoms with Crippen LogP contribution in [0.15, 0.2) is 18.2 Å². The van der Waals surface area contributed by atoms with E-state index in [0.717, 1.165) is 17.6 Å². The van der Waals surface area contributed by atoms with Crippen molar-refractivity contribution < 1.29 is 0 Å². The molecule has 1 aromatic rings. The second-order valence-electron chi connectivity index (χ2n) is 7.15. The summed E-state index contributed by atoms with van der Waals surface area (Å²) in [5.74, 6) is 2.79. The summed E-state index contributed by atoms with van der Waals surface area (Å²) in [7, 11) is 1.91. The van der Waals surface area contributed by atoms with Crippen LogP contribution in [0.3, 0.4) is 0 Å². The molecule has 3 heteroatoms. The maximum atomic E-state index is 4.61. The molecule has 2 bridgehead atoms. The molecule has 0 aromatic carbocycles. The molecule has 0 saturated heterocycles. The predicted octanol–water partition coefficient (Wildman–Crippen LogP) is 3.75. The Bertz CT molecular complexity index is 478. The van der Waals surface area contributed by atoms with E-state index in [2.05, 4.69) is 48.5 Å². The van der Waals surface area contributed by atoms with Gasteiger partial charge in [0.15, 0.2) is 0 Å². The van der Waals surface area contributed by atoms with Crippen LogP contribution >= 0.6 is 0 Å². The van der Waals surface area contributed by atoms with Crippen LogP contribution in [0.25, 0.3) is 0 Å². The number of hydrogen-bond acceptors (Lipinski definition) is 3. The van der Waals surface area contributed by atoms with Crippen LogP contribution in [0, 0.1) is 16.7 Å². The highest BCUT2D eigenvalue weighted by atomic mass is 15.1. The van der Waals surface area contributed by atoms with E-state index in [0.29, 0.717) is 16.9 Å². The molecule has 1 aromatic heterocycles. The summed E-state index contributed by atoms with van der Waals surface area (Å²) in [4.78, 5) is 4.61. The highest BCUT2D eigenvalue weighted by molar-refractivity contribution is 5.46. The quantitative estimate of drug-likeness (QED) is 0.868. The Labute approximate surface area is 116 Å². The van der Waals surface area contributed by atoms with Gasteiger partial charge < -0.3 is 10.6 Å². The molecule has 2 saturated carbocycles. The third-order valence-corrected chi connectivity index (χ3v) is 5.57. The summed E-state index contributed by atoms with van der Waals surface area (Å²) in [6, 6.07) is 6.66. The minimum absolute atomic E-state index is 0.365. The Morgan fingerprint density at radius 1 is 1.21 bits per heavy atom. The first kappa shape index (κ1) is 12.8. The minimum Gasteiger partial charge on any atom is -0.373 e. The average Bonchev–Trinajstić information content (AvgIpc) is 2.86. The fraction of sp³-hybridized carbons (Fsp3) is 0.688. The Morgan fingerprint density at radius 3 is 2.58 bits per heavy atom. The fourth-order valence-corrected chi connectivity index (χ4v) is 4.46. The SMILES string of the molecule is CNc1cccc(NC2C3(C)CCC(C3)C2(C)C)n1. The van der Waals surface area contributed by atoms with Gasteiger partial charge in [0.2, 0.25) is 0 Å². The van der Waals surface area contributed by atoms with Crippen LogP contribution in [0.2, 0.25) is 0 Å². The van der Waals surface area contributed by atoms with E-state index < -0.39 is 0 Å². The Kier molecular flexibility index (Phi) is 2.77. The van der Waals surface area contributed by atoms with Gasteiger partial charge in [-0.15, -0.1) is 0 Å². The molecule has 2 N–H and O–H groups in total. The maximum Gasteiger partial charge on any atom is 0.128 e. The zero-order valence-electron chi connectivity index (χ0n) is 12.5. The molecule has 3 nitrogen and oxygen atoms in total. The molecule has 0 amide bonds. The molecule has 1 heterocycles. The lowest BCUT2D eigenvalue weighted by Gasteiger charge is -2.43. The lowest BCUT2D eigenvalue weighted by Crippen LogP contribution is -2.45. The van der Waals surface area contributed by atoms with Crippen molar-refractivity contribution in [2.45, 2.75) is 46.1 Å². The molecule has 104 valence electrons. The molecule has 2 aliphatic rings. The van der Waals surface area contributed by atoms with Crippen LogP contribution in [0.5, 0.6) is 0 Å². The van der Waals surface area contributed by atoms with Crippen molar-refractivity contribution in [3.63, 3.8) is 0 Å². The van der Waals surface area contributed by atoms with Gasteiger partial charge in [0.25, 0.3) is 0 Å². The molecular weight excluding hydrogens is 234 g/mol. The summed E-state index contributed by atoms with van der Waals surface area (Å²) >= 11 is 0. The largest absolute Gasteiger partial charge is 0.373 e. The van der Waals surface area contributed by atoms with Crippen molar-refractivity contribution in [1.82, 2.24) is 4.98 Å². The average molecular weight is 259 g/mol. The smallest absolute Gasteiger partial charge is 0.128 e. The van der Waals surface area contributed by atoms with Gasteiger partial charge in [-0.25, -0.2) is 4.98 Å². The summed E-state index contributed by atoms with van der Waals surface area (Å²) in [6.07, 6.45) is 4.11. The normalized spacial score (nSPS) is 35.4. The molecular formula is C16H25N3. The summed E-state index contributed by atoms with van der Waals surface area (Å²) in [5.41, 5.74) is 0.801. The number of nitrogens with one attached hydrogen (secondary N) is 2. The molecule has 3 rings (SSSR count). The zero-order chi connectivity index (χ0) is 13.7. The van der Waals surface area contributed by atoms with Gasteiger partial charge in [0.1, 0.15) is 11.6 Å². The standard InChI is InChI=1S/C16H25N3/c1-15(2)11-8-9-16(3,10-11)14(15)19-13-7-5-6-12(17-4)18-13/h5-7,11,14H,8-10H2,1-4H3,(H2,17,18,19). The van der Waals surface area contributed by atoms with Crippen molar-refractivity contribution in [2.75, 3.05) is 17.7 Å². The van der Waals surface area contributed by atoms with Crippen molar-refractivity contribution in [3.05, 3.63) is 18.2 Å². The van der Waals surface area contributed by atoms with E-state index >= 15 is 0 Å². The molecule has 3 unspecified atom stereocenters. The van der Waals surface area contributed by atoms with Crippen LogP contribution in [0.1, 0.15) is 40.0 Å². The number of nitrogens with zero attached hydrogens (tertiary/aromatic N) is 1. The number of rotatable bonds is 3. The number of pyridine rings is 1. The molecule has 19 heavy (non-hydrogen) atoms. The molecule has 2 aliphatic carbocycles. The Balaban J connectivity index is 1.86. The van der Waals surface area contributed by atoms with Gasteiger partial charge in [0, 0.05) is 13.1 Å². The number of anilines is 2. The van der Waals surface area contributed by atoms with Crippen molar-refractivity contribution in [2.24, 2.45) is 16.7 Å². The fourth-order valence-electron chi connectivity index (χ4n) is 4.46. The van der Waals surface area contributed by atoms with Crippen LogP contribution in [-0.2, 0) is 0 Å². The summed E-state index contributed by atoms with van der Waals surface area (Å²) in [5, 5.41) is 6.83. The first-order valence-corrected chi connectivity index (χ1v) is 7.37. The van der Waals surface area contributed by atoms with Crippen LogP contribution in [-0.4, -0.2) is 18.1 Å². The zero-order valence-corrected chi connectivity index (χ0v) is 12.5. The van der Waals surface area contributed by atoms with Gasteiger partial charge in [-0.1, -0.05) is 26.8 Å². The lowest BCUT2D eigenvalue weighted by molar-refractivity contribution is 0.155. The monoisotopic (exact) mass is 259 g/mol. The number of aromatic nitrogens is 1. The first-order chi connectivity index (χ1) is 8.95. The molecule has 0 radical (unpaired) electrons. The highest BCUT2D eigenvalue weighted by Gasteiger charge is 2.59. The third-order valence-electron chi connectivity index (χ3n) is 5.57. The van der Waals surface area contributed by atoms with E-state index in [9.17, 15) is 0 Å². The molecule has 0 spiro atoms. The van der Waals surface area contributed by atoms with Gasteiger partial charge in [-0.3, -0.25) is 0 Å². The van der Waals surface area contributed by atoms with Crippen molar-refractivity contribution in [3.8, 4) is 0 Å².